The molecular weight excluding hydrogens is 236 g/mol. The first-order chi connectivity index (χ1) is 8.54. The minimum atomic E-state index is -0.847. The lowest BCUT2D eigenvalue weighted by molar-refractivity contribution is -0.138. The molecule has 0 fully saturated rings. The Labute approximate surface area is 105 Å². The molecule has 1 rings (SSSR count). The van der Waals surface area contributed by atoms with Crippen LogP contribution in [0.5, 0.6) is 0 Å². The smallest absolute Gasteiger partial charge is 0.303 e. The van der Waals surface area contributed by atoms with Crippen LogP contribution in [0.3, 0.4) is 0 Å². The zero-order valence-corrected chi connectivity index (χ0v) is 10.5. The van der Waals surface area contributed by atoms with Crippen LogP contribution in [0.4, 0.5) is 0 Å². The van der Waals surface area contributed by atoms with Crippen molar-refractivity contribution in [3.8, 4) is 0 Å². The molecule has 0 aliphatic rings. The second kappa shape index (κ2) is 6.73. The van der Waals surface area contributed by atoms with Gasteiger partial charge >= 0.3 is 5.97 Å². The number of rotatable bonds is 7. The van der Waals surface area contributed by atoms with Gasteiger partial charge in [-0.2, -0.15) is 5.10 Å². The molecule has 1 amide bonds. The summed E-state index contributed by atoms with van der Waals surface area (Å²) in [4.78, 5) is 26.2. The van der Waals surface area contributed by atoms with E-state index < -0.39 is 12.0 Å². The van der Waals surface area contributed by atoms with Crippen molar-refractivity contribution in [2.45, 2.75) is 32.7 Å². The molecule has 0 spiro atoms. The van der Waals surface area contributed by atoms with Crippen molar-refractivity contribution in [2.24, 2.45) is 5.92 Å². The number of aliphatic carboxylic acids is 1. The van der Waals surface area contributed by atoms with Gasteiger partial charge in [0.05, 0.1) is 0 Å². The average Bonchev–Trinajstić information content (AvgIpc) is 2.86. The van der Waals surface area contributed by atoms with Crippen molar-refractivity contribution in [3.05, 3.63) is 12.7 Å². The van der Waals surface area contributed by atoms with Crippen molar-refractivity contribution < 1.29 is 14.7 Å². The van der Waals surface area contributed by atoms with Crippen LogP contribution in [0.15, 0.2) is 12.7 Å². The molecule has 18 heavy (non-hydrogen) atoms. The molecule has 100 valence electrons. The van der Waals surface area contributed by atoms with Gasteiger partial charge in [0.1, 0.15) is 18.7 Å². The number of carbonyl (C=O) groups excluding carboxylic acids is 1. The lowest BCUT2D eigenvalue weighted by atomic mass is 10.0. The van der Waals surface area contributed by atoms with Crippen molar-refractivity contribution >= 4 is 11.9 Å². The summed E-state index contributed by atoms with van der Waals surface area (Å²) in [6.07, 6.45) is 3.61. The molecule has 2 atom stereocenters. The number of amides is 1. The van der Waals surface area contributed by atoms with Crippen LogP contribution >= 0.6 is 0 Å². The first-order valence-electron chi connectivity index (χ1n) is 5.88. The number of hydrogen-bond donors (Lipinski definition) is 2. The molecule has 7 nitrogen and oxygen atoms in total. The lowest BCUT2D eigenvalue weighted by Crippen LogP contribution is -2.35. The van der Waals surface area contributed by atoms with Gasteiger partial charge in [-0.25, -0.2) is 9.67 Å². The normalized spacial score (nSPS) is 13.9. The second-order valence-corrected chi connectivity index (χ2v) is 4.17. The van der Waals surface area contributed by atoms with Gasteiger partial charge in [-0.05, 0) is 12.8 Å². The largest absolute Gasteiger partial charge is 0.481 e. The monoisotopic (exact) mass is 254 g/mol. The molecule has 1 aromatic heterocycles. The molecule has 0 aliphatic heterocycles. The van der Waals surface area contributed by atoms with E-state index in [-0.39, 0.29) is 18.2 Å². The predicted molar refractivity (Wildman–Crippen MR) is 63.8 cm³/mol. The SMILES string of the molecule is CCC(CNC(=O)C(C)n1cncn1)CC(=O)O. The highest BCUT2D eigenvalue weighted by Crippen LogP contribution is 2.08. The van der Waals surface area contributed by atoms with E-state index in [1.165, 1.54) is 17.3 Å². The Bertz CT molecular complexity index is 391. The highest BCUT2D eigenvalue weighted by Gasteiger charge is 2.17. The summed E-state index contributed by atoms with van der Waals surface area (Å²) < 4.78 is 1.45. The highest BCUT2D eigenvalue weighted by molar-refractivity contribution is 5.79. The molecule has 7 heteroatoms. The number of carboxylic acids is 1. The standard InChI is InChI=1S/C11H18N4O3/c1-3-9(4-10(16)17)5-13-11(18)8(2)15-7-12-6-14-15/h6-9H,3-5H2,1-2H3,(H,13,18)(H,16,17). The quantitative estimate of drug-likeness (QED) is 0.736. The Kier molecular flexibility index (Phi) is 5.29. The number of nitrogens with zero attached hydrogens (tertiary/aromatic N) is 3. The molecule has 1 aromatic rings. The van der Waals surface area contributed by atoms with Crippen LogP contribution in [0, 0.1) is 5.92 Å². The summed E-state index contributed by atoms with van der Waals surface area (Å²) in [5.74, 6) is -1.08. The summed E-state index contributed by atoms with van der Waals surface area (Å²) in [5.41, 5.74) is 0. The van der Waals surface area contributed by atoms with Gasteiger partial charge in [0.25, 0.3) is 0 Å². The van der Waals surface area contributed by atoms with Crippen LogP contribution in [0.1, 0.15) is 32.7 Å². The van der Waals surface area contributed by atoms with Crippen LogP contribution in [-0.2, 0) is 9.59 Å². The van der Waals surface area contributed by atoms with Crippen LogP contribution in [-0.4, -0.2) is 38.3 Å². The number of aromatic nitrogens is 3. The van der Waals surface area contributed by atoms with Gasteiger partial charge in [-0.3, -0.25) is 9.59 Å². The third kappa shape index (κ3) is 4.15. The molecular formula is C11H18N4O3. The summed E-state index contributed by atoms with van der Waals surface area (Å²) in [7, 11) is 0. The van der Waals surface area contributed by atoms with E-state index in [0.717, 1.165) is 0 Å². The summed E-state index contributed by atoms with van der Waals surface area (Å²) in [6, 6.07) is -0.449. The van der Waals surface area contributed by atoms with E-state index in [2.05, 4.69) is 15.4 Å². The first kappa shape index (κ1) is 14.1. The van der Waals surface area contributed by atoms with Gasteiger partial charge in [-0.1, -0.05) is 13.3 Å². The van der Waals surface area contributed by atoms with Gasteiger partial charge < -0.3 is 10.4 Å². The predicted octanol–water partition coefficient (Wildman–Crippen LogP) is 0.456. The Morgan fingerprint density at radius 2 is 2.22 bits per heavy atom. The van der Waals surface area contributed by atoms with Crippen molar-refractivity contribution in [3.63, 3.8) is 0 Å². The first-order valence-corrected chi connectivity index (χ1v) is 5.88. The fourth-order valence-corrected chi connectivity index (χ4v) is 1.54. The molecule has 2 N–H and O–H groups in total. The van der Waals surface area contributed by atoms with Gasteiger partial charge in [0.2, 0.25) is 5.91 Å². The number of carboxylic acid groups (broad SMARTS) is 1. The number of hydrogen-bond acceptors (Lipinski definition) is 4. The second-order valence-electron chi connectivity index (χ2n) is 4.17. The van der Waals surface area contributed by atoms with Crippen LogP contribution in [0.25, 0.3) is 0 Å². The molecule has 0 bridgehead atoms. The minimum Gasteiger partial charge on any atom is -0.481 e. The maximum Gasteiger partial charge on any atom is 0.303 e. The average molecular weight is 254 g/mol. The van der Waals surface area contributed by atoms with Crippen LogP contribution < -0.4 is 5.32 Å². The zero-order valence-electron chi connectivity index (χ0n) is 10.5. The molecule has 0 aliphatic carbocycles. The lowest BCUT2D eigenvalue weighted by Gasteiger charge is -2.16. The molecule has 0 radical (unpaired) electrons. The van der Waals surface area contributed by atoms with Gasteiger partial charge in [0, 0.05) is 13.0 Å². The van der Waals surface area contributed by atoms with Crippen LogP contribution in [0.2, 0.25) is 0 Å². The van der Waals surface area contributed by atoms with E-state index in [1.54, 1.807) is 6.92 Å². The topological polar surface area (TPSA) is 97.1 Å². The Morgan fingerprint density at radius 3 is 2.72 bits per heavy atom. The summed E-state index contributed by atoms with van der Waals surface area (Å²) >= 11 is 0. The molecule has 0 saturated carbocycles. The van der Waals surface area contributed by atoms with E-state index in [9.17, 15) is 9.59 Å². The Hall–Kier alpha value is -1.92. The fraction of sp³-hybridized carbons (Fsp3) is 0.636. The maximum absolute atomic E-state index is 11.8. The highest BCUT2D eigenvalue weighted by atomic mass is 16.4. The molecule has 2 unspecified atom stereocenters. The molecule has 0 aromatic carbocycles. The number of carbonyl (C=O) groups is 2. The third-order valence-corrected chi connectivity index (χ3v) is 2.82. The Balaban J connectivity index is 2.42. The van der Waals surface area contributed by atoms with E-state index in [0.29, 0.717) is 13.0 Å². The molecule has 0 saturated heterocycles. The maximum atomic E-state index is 11.8. The summed E-state index contributed by atoms with van der Waals surface area (Å²) in [6.45, 7) is 3.98. The van der Waals surface area contributed by atoms with Crippen molar-refractivity contribution in [2.75, 3.05) is 6.54 Å². The molecule has 1 heterocycles. The van der Waals surface area contributed by atoms with Crippen molar-refractivity contribution in [1.82, 2.24) is 20.1 Å². The third-order valence-electron chi connectivity index (χ3n) is 2.82. The minimum absolute atomic E-state index is 0.0469. The summed E-state index contributed by atoms with van der Waals surface area (Å²) in [5, 5.41) is 15.3. The Morgan fingerprint density at radius 1 is 1.50 bits per heavy atom. The van der Waals surface area contributed by atoms with Gasteiger partial charge in [0.15, 0.2) is 0 Å². The van der Waals surface area contributed by atoms with Crippen molar-refractivity contribution in [1.29, 1.82) is 0 Å². The van der Waals surface area contributed by atoms with Gasteiger partial charge in [-0.15, -0.1) is 0 Å². The zero-order chi connectivity index (χ0) is 13.5. The van der Waals surface area contributed by atoms with E-state index >= 15 is 0 Å². The number of nitrogens with one attached hydrogen (secondary N) is 1. The van der Waals surface area contributed by atoms with E-state index in [4.69, 9.17) is 5.11 Å². The fourth-order valence-electron chi connectivity index (χ4n) is 1.54. The van der Waals surface area contributed by atoms with E-state index in [1.807, 2.05) is 6.92 Å².